The number of amides is 1. The molecule has 1 aliphatic heterocycles. The van der Waals surface area contributed by atoms with Crippen molar-refractivity contribution >= 4 is 33.4 Å². The third kappa shape index (κ3) is 3.96. The molecule has 1 aromatic rings. The van der Waals surface area contributed by atoms with Gasteiger partial charge in [0.2, 0.25) is 0 Å². The first-order chi connectivity index (χ1) is 9.61. The molecule has 20 heavy (non-hydrogen) atoms. The number of halogens is 2. The van der Waals surface area contributed by atoms with E-state index in [2.05, 4.69) is 33.1 Å². The fraction of sp³-hybridized carbons (Fsp3) is 0.533. The minimum absolute atomic E-state index is 0.0785. The van der Waals surface area contributed by atoms with Crippen LogP contribution in [0.25, 0.3) is 0 Å². The molecule has 1 saturated heterocycles. The van der Waals surface area contributed by atoms with Gasteiger partial charge in [0.1, 0.15) is 0 Å². The lowest BCUT2D eigenvalue weighted by molar-refractivity contribution is 0.0911. The third-order valence-corrected chi connectivity index (χ3v) is 4.96. The number of carbonyl (C=O) groups is 1. The molecule has 5 heteroatoms. The molecule has 0 aromatic heterocycles. The Kier molecular flexibility index (Phi) is 5.87. The molecule has 1 heterocycles. The molecule has 1 fully saturated rings. The zero-order chi connectivity index (χ0) is 14.5. The summed E-state index contributed by atoms with van der Waals surface area (Å²) in [5, 5.41) is 3.57. The zero-order valence-electron chi connectivity index (χ0n) is 11.7. The van der Waals surface area contributed by atoms with Crippen molar-refractivity contribution in [2.24, 2.45) is 0 Å². The Morgan fingerprint density at radius 3 is 2.80 bits per heavy atom. The summed E-state index contributed by atoms with van der Waals surface area (Å²) >= 11 is 9.50. The molecule has 0 bridgehead atoms. The summed E-state index contributed by atoms with van der Waals surface area (Å²) in [7, 11) is 0. The normalized spacial score (nSPS) is 17.1. The number of carbonyl (C=O) groups excluding carboxylic acids is 1. The van der Waals surface area contributed by atoms with Gasteiger partial charge in [-0.3, -0.25) is 4.79 Å². The van der Waals surface area contributed by atoms with Crippen LogP contribution in [0.5, 0.6) is 0 Å². The molecule has 1 aromatic carbocycles. The lowest BCUT2D eigenvalue weighted by atomic mass is 10.0. The minimum Gasteiger partial charge on any atom is -0.349 e. The second kappa shape index (κ2) is 7.43. The Balaban J connectivity index is 1.91. The number of benzene rings is 1. The van der Waals surface area contributed by atoms with Gasteiger partial charge < -0.3 is 10.2 Å². The molecule has 2 rings (SSSR count). The minimum atomic E-state index is -0.0785. The molecule has 3 nitrogen and oxygen atoms in total. The van der Waals surface area contributed by atoms with Crippen LogP contribution in [0.2, 0.25) is 5.02 Å². The number of nitrogens with zero attached hydrogens (tertiary/aromatic N) is 1. The molecule has 0 radical (unpaired) electrons. The van der Waals surface area contributed by atoms with Crippen molar-refractivity contribution in [3.8, 4) is 0 Å². The van der Waals surface area contributed by atoms with Gasteiger partial charge in [-0.2, -0.15) is 0 Å². The van der Waals surface area contributed by atoms with Crippen LogP contribution in [-0.4, -0.2) is 36.5 Å². The number of nitrogens with one attached hydrogen (secondary N) is 1. The van der Waals surface area contributed by atoms with Crippen molar-refractivity contribution in [3.05, 3.63) is 33.3 Å². The van der Waals surface area contributed by atoms with Crippen LogP contribution in [0.4, 0.5) is 0 Å². The summed E-state index contributed by atoms with van der Waals surface area (Å²) in [6.45, 7) is 5.47. The van der Waals surface area contributed by atoms with E-state index in [1.807, 2.05) is 12.1 Å². The molecule has 0 atom stereocenters. The topological polar surface area (TPSA) is 32.3 Å². The van der Waals surface area contributed by atoms with Gasteiger partial charge in [-0.05, 0) is 53.9 Å². The Bertz CT molecular complexity index is 473. The van der Waals surface area contributed by atoms with Gasteiger partial charge in [0.15, 0.2) is 0 Å². The van der Waals surface area contributed by atoms with Gasteiger partial charge in [-0.25, -0.2) is 0 Å². The molecule has 0 saturated carbocycles. The standard InChI is InChI=1S/C15H20BrClN2O/c1-2-8-19-9-6-11(7-10-19)18-15(20)12-4-3-5-13(16)14(12)17/h3-5,11H,2,6-10H2,1H3,(H,18,20). The molecule has 0 aliphatic carbocycles. The SMILES string of the molecule is CCCN1CCC(NC(=O)c2cccc(Br)c2Cl)CC1. The number of rotatable bonds is 4. The van der Waals surface area contributed by atoms with Gasteiger partial charge in [-0.1, -0.05) is 24.6 Å². The monoisotopic (exact) mass is 358 g/mol. The fourth-order valence-corrected chi connectivity index (χ4v) is 3.14. The van der Waals surface area contributed by atoms with E-state index in [9.17, 15) is 4.79 Å². The highest BCUT2D eigenvalue weighted by Crippen LogP contribution is 2.26. The van der Waals surface area contributed by atoms with Crippen molar-refractivity contribution < 1.29 is 4.79 Å². The maximum absolute atomic E-state index is 12.3. The van der Waals surface area contributed by atoms with Gasteiger partial charge in [-0.15, -0.1) is 0 Å². The molecule has 1 aliphatic rings. The highest BCUT2D eigenvalue weighted by Gasteiger charge is 2.21. The Morgan fingerprint density at radius 2 is 2.15 bits per heavy atom. The van der Waals surface area contributed by atoms with Crippen molar-refractivity contribution in [1.29, 1.82) is 0 Å². The Morgan fingerprint density at radius 1 is 1.45 bits per heavy atom. The van der Waals surface area contributed by atoms with E-state index in [1.165, 1.54) is 6.42 Å². The van der Waals surface area contributed by atoms with Gasteiger partial charge in [0.05, 0.1) is 10.6 Å². The predicted octanol–water partition coefficient (Wildman–Crippen LogP) is 3.71. The maximum atomic E-state index is 12.3. The smallest absolute Gasteiger partial charge is 0.253 e. The lowest BCUT2D eigenvalue weighted by Crippen LogP contribution is -2.44. The number of hydrogen-bond donors (Lipinski definition) is 1. The molecular formula is C15H20BrClN2O. The summed E-state index contributed by atoms with van der Waals surface area (Å²) in [5.41, 5.74) is 0.539. The number of piperidine rings is 1. The van der Waals surface area contributed by atoms with E-state index in [4.69, 9.17) is 11.6 Å². The largest absolute Gasteiger partial charge is 0.349 e. The summed E-state index contributed by atoms with van der Waals surface area (Å²) in [6, 6.07) is 5.68. The fourth-order valence-electron chi connectivity index (χ4n) is 2.56. The highest BCUT2D eigenvalue weighted by molar-refractivity contribution is 9.10. The van der Waals surface area contributed by atoms with Crippen LogP contribution in [-0.2, 0) is 0 Å². The first-order valence-corrected chi connectivity index (χ1v) is 8.26. The van der Waals surface area contributed by atoms with E-state index >= 15 is 0 Å². The van der Waals surface area contributed by atoms with E-state index in [0.717, 1.165) is 36.9 Å². The molecule has 1 N–H and O–H groups in total. The maximum Gasteiger partial charge on any atom is 0.253 e. The number of hydrogen-bond acceptors (Lipinski definition) is 2. The first-order valence-electron chi connectivity index (χ1n) is 7.09. The molecule has 110 valence electrons. The van der Waals surface area contributed by atoms with Crippen LogP contribution in [0.1, 0.15) is 36.5 Å². The number of likely N-dealkylation sites (tertiary alicyclic amines) is 1. The van der Waals surface area contributed by atoms with Crippen molar-refractivity contribution in [3.63, 3.8) is 0 Å². The summed E-state index contributed by atoms with van der Waals surface area (Å²) in [4.78, 5) is 14.7. The first kappa shape index (κ1) is 15.8. The average molecular weight is 360 g/mol. The van der Waals surface area contributed by atoms with Crippen molar-refractivity contribution in [2.75, 3.05) is 19.6 Å². The molecule has 0 unspecified atom stereocenters. The van der Waals surface area contributed by atoms with E-state index in [0.29, 0.717) is 10.6 Å². The molecule has 0 spiro atoms. The molecule has 1 amide bonds. The van der Waals surface area contributed by atoms with Gasteiger partial charge in [0, 0.05) is 23.6 Å². The summed E-state index contributed by atoms with van der Waals surface area (Å²) < 4.78 is 0.754. The van der Waals surface area contributed by atoms with E-state index < -0.39 is 0 Å². The average Bonchev–Trinajstić information content (AvgIpc) is 2.44. The van der Waals surface area contributed by atoms with Crippen LogP contribution in [0.3, 0.4) is 0 Å². The summed E-state index contributed by atoms with van der Waals surface area (Å²) in [6.07, 6.45) is 3.21. The van der Waals surface area contributed by atoms with E-state index in [1.54, 1.807) is 6.07 Å². The molecular weight excluding hydrogens is 340 g/mol. The van der Waals surface area contributed by atoms with Crippen LogP contribution in [0, 0.1) is 0 Å². The zero-order valence-corrected chi connectivity index (χ0v) is 14.0. The van der Waals surface area contributed by atoms with Gasteiger partial charge >= 0.3 is 0 Å². The van der Waals surface area contributed by atoms with Gasteiger partial charge in [0.25, 0.3) is 5.91 Å². The predicted molar refractivity (Wildman–Crippen MR) is 86.4 cm³/mol. The van der Waals surface area contributed by atoms with Crippen molar-refractivity contribution in [1.82, 2.24) is 10.2 Å². The second-order valence-corrected chi connectivity index (χ2v) is 6.42. The van der Waals surface area contributed by atoms with Crippen LogP contribution < -0.4 is 5.32 Å². The van der Waals surface area contributed by atoms with Crippen molar-refractivity contribution in [2.45, 2.75) is 32.2 Å². The second-order valence-electron chi connectivity index (χ2n) is 5.19. The quantitative estimate of drug-likeness (QED) is 0.889. The van der Waals surface area contributed by atoms with Crippen LogP contribution in [0.15, 0.2) is 22.7 Å². The Labute approximate surface area is 133 Å². The third-order valence-electron chi connectivity index (χ3n) is 3.66. The summed E-state index contributed by atoms with van der Waals surface area (Å²) in [5.74, 6) is -0.0785. The Hall–Kier alpha value is -0.580. The highest BCUT2D eigenvalue weighted by atomic mass is 79.9. The van der Waals surface area contributed by atoms with Crippen LogP contribution >= 0.6 is 27.5 Å². The van der Waals surface area contributed by atoms with E-state index in [-0.39, 0.29) is 11.9 Å². The lowest BCUT2D eigenvalue weighted by Gasteiger charge is -2.32.